The fourth-order valence-corrected chi connectivity index (χ4v) is 3.83. The second-order valence-electron chi connectivity index (χ2n) is 7.55. The number of halogens is 3. The number of carbonyl (C=O) groups excluding carboxylic acids is 1. The number of anilines is 1. The van der Waals surface area contributed by atoms with Crippen molar-refractivity contribution in [1.29, 1.82) is 4.78 Å². The van der Waals surface area contributed by atoms with E-state index in [1.165, 1.54) is 30.5 Å². The third kappa shape index (κ3) is 5.48. The molecular formula is C22H21F3N4O3S. The van der Waals surface area contributed by atoms with Gasteiger partial charge in [-0.15, -0.1) is 10.2 Å². The second kappa shape index (κ2) is 8.81. The van der Waals surface area contributed by atoms with Crippen LogP contribution in [0.2, 0.25) is 0 Å². The zero-order chi connectivity index (χ0) is 24.6. The highest BCUT2D eigenvalue weighted by Gasteiger charge is 2.38. The Hall–Kier alpha value is -3.47. The van der Waals surface area contributed by atoms with Crippen LogP contribution in [0.3, 0.4) is 0 Å². The molecule has 0 saturated heterocycles. The number of hydrogen-bond acceptors (Lipinski definition) is 6. The lowest BCUT2D eigenvalue weighted by Gasteiger charge is -2.17. The van der Waals surface area contributed by atoms with Gasteiger partial charge >= 0.3 is 6.18 Å². The Bertz CT molecular complexity index is 1340. The minimum Gasteiger partial charge on any atom is -0.437 e. The van der Waals surface area contributed by atoms with Gasteiger partial charge < -0.3 is 10.1 Å². The van der Waals surface area contributed by atoms with Gasteiger partial charge in [-0.05, 0) is 56.2 Å². The molecule has 2 N–H and O–H groups in total. The molecule has 3 aromatic rings. The summed E-state index contributed by atoms with van der Waals surface area (Å²) in [4.78, 5) is 13.2. The average Bonchev–Trinajstić information content (AvgIpc) is 2.68. The number of nitrogens with one attached hydrogen (secondary N) is 2. The van der Waals surface area contributed by atoms with Gasteiger partial charge in [-0.2, -0.15) is 13.2 Å². The SMILES string of the molecule is Cc1ccc(Oc2nnc(C(F)(F)F)c(C)c2C(=O)Nc2cccc(S(C)(=N)=O)c2)c(C)c1. The molecule has 33 heavy (non-hydrogen) atoms. The van der Waals surface area contributed by atoms with Gasteiger partial charge in [-0.1, -0.05) is 23.8 Å². The molecule has 11 heteroatoms. The normalized spacial score (nSPS) is 13.3. The van der Waals surface area contributed by atoms with Crippen molar-refractivity contribution in [2.75, 3.05) is 11.6 Å². The van der Waals surface area contributed by atoms with E-state index < -0.39 is 38.6 Å². The van der Waals surface area contributed by atoms with Gasteiger partial charge in [0.05, 0.1) is 9.73 Å². The van der Waals surface area contributed by atoms with Crippen molar-refractivity contribution in [2.24, 2.45) is 0 Å². The number of carbonyl (C=O) groups is 1. The van der Waals surface area contributed by atoms with Gasteiger partial charge in [0.1, 0.15) is 11.3 Å². The molecule has 0 fully saturated rings. The summed E-state index contributed by atoms with van der Waals surface area (Å²) in [5, 5.41) is 9.28. The van der Waals surface area contributed by atoms with Gasteiger partial charge in [-0.3, -0.25) is 4.79 Å². The zero-order valence-corrected chi connectivity index (χ0v) is 19.0. The minimum absolute atomic E-state index is 0.154. The van der Waals surface area contributed by atoms with Crippen molar-refractivity contribution in [1.82, 2.24) is 10.2 Å². The van der Waals surface area contributed by atoms with Crippen molar-refractivity contribution < 1.29 is 26.9 Å². The fraction of sp³-hybridized carbons (Fsp3) is 0.227. The van der Waals surface area contributed by atoms with Crippen molar-refractivity contribution in [3.63, 3.8) is 0 Å². The largest absolute Gasteiger partial charge is 0.437 e. The first-order valence-electron chi connectivity index (χ1n) is 9.62. The predicted molar refractivity (Wildman–Crippen MR) is 117 cm³/mol. The predicted octanol–water partition coefficient (Wildman–Crippen LogP) is 5.50. The first kappa shape index (κ1) is 24.2. The molecule has 0 aliphatic carbocycles. The smallest absolute Gasteiger partial charge is 0.435 e. The minimum atomic E-state index is -4.83. The number of amides is 1. The quantitative estimate of drug-likeness (QED) is 0.504. The van der Waals surface area contributed by atoms with Crippen LogP contribution in [0.5, 0.6) is 11.6 Å². The molecule has 1 aromatic heterocycles. The third-order valence-electron chi connectivity index (χ3n) is 4.76. The topological polar surface area (TPSA) is 105 Å². The molecule has 7 nitrogen and oxygen atoms in total. The Morgan fingerprint density at radius 3 is 2.39 bits per heavy atom. The van der Waals surface area contributed by atoms with Crippen LogP contribution in [0.1, 0.15) is 32.7 Å². The number of ether oxygens (including phenoxy) is 1. The lowest BCUT2D eigenvalue weighted by molar-refractivity contribution is -0.142. The summed E-state index contributed by atoms with van der Waals surface area (Å²) in [5.41, 5.74) is -0.397. The van der Waals surface area contributed by atoms with Crippen molar-refractivity contribution in [2.45, 2.75) is 31.8 Å². The molecular weight excluding hydrogens is 457 g/mol. The molecule has 0 bridgehead atoms. The fourth-order valence-electron chi connectivity index (χ4n) is 3.14. The molecule has 1 heterocycles. The summed E-state index contributed by atoms with van der Waals surface area (Å²) < 4.78 is 65.7. The first-order valence-corrected chi connectivity index (χ1v) is 11.6. The lowest BCUT2D eigenvalue weighted by Crippen LogP contribution is -2.21. The van der Waals surface area contributed by atoms with Crippen LogP contribution in [0.4, 0.5) is 18.9 Å². The molecule has 1 unspecified atom stereocenters. The molecule has 0 saturated carbocycles. The molecule has 3 rings (SSSR count). The van der Waals surface area contributed by atoms with Gasteiger partial charge in [0.25, 0.3) is 11.8 Å². The number of rotatable bonds is 5. The molecule has 2 aromatic carbocycles. The highest BCUT2D eigenvalue weighted by molar-refractivity contribution is 7.91. The Kier molecular flexibility index (Phi) is 6.46. The van der Waals surface area contributed by atoms with Crippen LogP contribution in [0.25, 0.3) is 0 Å². The molecule has 1 amide bonds. The summed E-state index contributed by atoms with van der Waals surface area (Å²) in [6, 6.07) is 10.9. The van der Waals surface area contributed by atoms with Gasteiger partial charge in [0, 0.05) is 16.8 Å². The summed E-state index contributed by atoms with van der Waals surface area (Å²) >= 11 is 0. The number of benzene rings is 2. The zero-order valence-electron chi connectivity index (χ0n) is 18.2. The van der Waals surface area contributed by atoms with Gasteiger partial charge in [0.15, 0.2) is 5.69 Å². The van der Waals surface area contributed by atoms with E-state index in [0.29, 0.717) is 11.3 Å². The van der Waals surface area contributed by atoms with Gasteiger partial charge in [-0.25, -0.2) is 8.99 Å². The molecule has 0 spiro atoms. The Labute approximate surface area is 189 Å². The second-order valence-corrected chi connectivity index (χ2v) is 9.71. The Balaban J connectivity index is 2.08. The van der Waals surface area contributed by atoms with E-state index in [-0.39, 0.29) is 16.5 Å². The summed E-state index contributed by atoms with van der Waals surface area (Å²) in [7, 11) is -3.06. The van der Waals surface area contributed by atoms with Crippen molar-refractivity contribution >= 4 is 21.3 Å². The van der Waals surface area contributed by atoms with E-state index in [1.807, 2.05) is 13.0 Å². The highest BCUT2D eigenvalue weighted by atomic mass is 32.2. The molecule has 1 atom stereocenters. The van der Waals surface area contributed by atoms with Crippen LogP contribution in [0.15, 0.2) is 47.4 Å². The van der Waals surface area contributed by atoms with E-state index in [1.54, 1.807) is 19.1 Å². The standard InChI is InChI=1S/C22H21F3N4O3S/c1-12-8-9-17(13(2)10-12)32-21-18(14(3)19(28-29-21)22(23,24)25)20(30)27-15-6-5-7-16(11-15)33(4,26)31/h5-11,26H,1-4H3,(H,27,30). The number of hydrogen-bond donors (Lipinski definition) is 2. The van der Waals surface area contributed by atoms with Crippen LogP contribution in [-0.2, 0) is 15.9 Å². The molecule has 174 valence electrons. The maximum absolute atomic E-state index is 13.4. The summed E-state index contributed by atoms with van der Waals surface area (Å²) in [6.07, 6.45) is -3.61. The van der Waals surface area contributed by atoms with E-state index in [9.17, 15) is 22.2 Å². The maximum atomic E-state index is 13.4. The molecule has 0 aliphatic rings. The van der Waals surface area contributed by atoms with Crippen LogP contribution in [0, 0.1) is 25.6 Å². The van der Waals surface area contributed by atoms with E-state index in [2.05, 4.69) is 15.5 Å². The third-order valence-corrected chi connectivity index (χ3v) is 5.91. The van der Waals surface area contributed by atoms with Gasteiger partial charge in [0.2, 0.25) is 0 Å². The van der Waals surface area contributed by atoms with Crippen LogP contribution < -0.4 is 10.1 Å². The number of nitrogens with zero attached hydrogens (tertiary/aromatic N) is 2. The first-order chi connectivity index (χ1) is 15.3. The monoisotopic (exact) mass is 478 g/mol. The Morgan fingerprint density at radius 2 is 1.79 bits per heavy atom. The molecule has 0 aliphatic heterocycles. The highest BCUT2D eigenvalue weighted by Crippen LogP contribution is 2.35. The maximum Gasteiger partial charge on any atom is 0.435 e. The average molecular weight is 478 g/mol. The summed E-state index contributed by atoms with van der Waals surface area (Å²) in [6.45, 7) is 4.73. The number of alkyl halides is 3. The van der Waals surface area contributed by atoms with Crippen molar-refractivity contribution in [3.8, 4) is 11.6 Å². The van der Waals surface area contributed by atoms with E-state index >= 15 is 0 Å². The van der Waals surface area contributed by atoms with Crippen molar-refractivity contribution in [3.05, 3.63) is 70.4 Å². The number of aryl methyl sites for hydroxylation is 2. The van der Waals surface area contributed by atoms with Crippen LogP contribution in [-0.4, -0.2) is 26.6 Å². The number of aromatic nitrogens is 2. The van der Waals surface area contributed by atoms with Crippen LogP contribution >= 0.6 is 0 Å². The van der Waals surface area contributed by atoms with E-state index in [0.717, 1.165) is 12.5 Å². The summed E-state index contributed by atoms with van der Waals surface area (Å²) in [5.74, 6) is -0.997. The van der Waals surface area contributed by atoms with E-state index in [4.69, 9.17) is 9.52 Å². The Morgan fingerprint density at radius 1 is 1.09 bits per heavy atom. The lowest BCUT2D eigenvalue weighted by atomic mass is 10.1. The molecule has 0 radical (unpaired) electrons.